The van der Waals surface area contributed by atoms with Gasteiger partial charge in [0.2, 0.25) is 0 Å². The SMILES string of the molecule is CC(C)c1cccc(NC(N)=NCC(C)N(C)C2CC2)c1.I. The molecule has 1 aliphatic carbocycles. The monoisotopic (exact) mass is 416 g/mol. The van der Waals surface area contributed by atoms with Crippen molar-refractivity contribution >= 4 is 35.6 Å². The first-order chi connectivity index (χ1) is 9.97. The Morgan fingerprint density at radius 3 is 2.64 bits per heavy atom. The van der Waals surface area contributed by atoms with Crippen LogP contribution in [0, 0.1) is 0 Å². The zero-order valence-corrected chi connectivity index (χ0v) is 16.4. The first-order valence-corrected chi connectivity index (χ1v) is 7.86. The molecule has 4 nitrogen and oxygen atoms in total. The van der Waals surface area contributed by atoms with E-state index in [2.05, 4.69) is 61.2 Å². The van der Waals surface area contributed by atoms with Crippen LogP contribution >= 0.6 is 24.0 Å². The van der Waals surface area contributed by atoms with Crippen LogP contribution in [0.4, 0.5) is 5.69 Å². The molecule has 0 heterocycles. The van der Waals surface area contributed by atoms with Crippen LogP contribution in [0.3, 0.4) is 0 Å². The molecule has 0 radical (unpaired) electrons. The fourth-order valence-electron chi connectivity index (χ4n) is 2.36. The van der Waals surface area contributed by atoms with Gasteiger partial charge in [0.15, 0.2) is 5.96 Å². The molecular weight excluding hydrogens is 387 g/mol. The number of nitrogens with two attached hydrogens (primary N) is 1. The lowest BCUT2D eigenvalue weighted by Crippen LogP contribution is -2.34. The van der Waals surface area contributed by atoms with E-state index < -0.39 is 0 Å². The van der Waals surface area contributed by atoms with Crippen LogP contribution in [-0.4, -0.2) is 36.5 Å². The Labute approximate surface area is 151 Å². The Bertz CT molecular complexity index is 497. The Balaban J connectivity index is 0.00000242. The summed E-state index contributed by atoms with van der Waals surface area (Å²) in [5, 5.41) is 3.19. The molecule has 1 aromatic carbocycles. The molecule has 1 aromatic rings. The molecule has 3 N–H and O–H groups in total. The Morgan fingerprint density at radius 2 is 2.05 bits per heavy atom. The molecule has 22 heavy (non-hydrogen) atoms. The summed E-state index contributed by atoms with van der Waals surface area (Å²) in [7, 11) is 2.17. The van der Waals surface area contributed by atoms with Crippen molar-refractivity contribution in [2.24, 2.45) is 10.7 Å². The molecule has 2 rings (SSSR count). The third kappa shape index (κ3) is 5.76. The number of nitrogens with zero attached hydrogens (tertiary/aromatic N) is 2. The fourth-order valence-corrected chi connectivity index (χ4v) is 2.36. The zero-order chi connectivity index (χ0) is 15.4. The van der Waals surface area contributed by atoms with Crippen molar-refractivity contribution < 1.29 is 0 Å². The average molecular weight is 416 g/mol. The van der Waals surface area contributed by atoms with E-state index in [1.165, 1.54) is 18.4 Å². The minimum atomic E-state index is 0. The summed E-state index contributed by atoms with van der Waals surface area (Å²) >= 11 is 0. The average Bonchev–Trinajstić information content (AvgIpc) is 3.28. The number of rotatable bonds is 6. The van der Waals surface area contributed by atoms with Crippen LogP contribution in [0.15, 0.2) is 29.3 Å². The molecule has 0 spiro atoms. The number of nitrogens with one attached hydrogen (secondary N) is 1. The second-order valence-electron chi connectivity index (χ2n) is 6.38. The summed E-state index contributed by atoms with van der Waals surface area (Å²) in [4.78, 5) is 6.87. The predicted octanol–water partition coefficient (Wildman–Crippen LogP) is 3.64. The smallest absolute Gasteiger partial charge is 0.193 e. The van der Waals surface area contributed by atoms with Gasteiger partial charge in [-0.2, -0.15) is 0 Å². The van der Waals surface area contributed by atoms with E-state index in [4.69, 9.17) is 5.73 Å². The number of likely N-dealkylation sites (N-methyl/N-ethyl adjacent to an activating group) is 1. The Hall–Kier alpha value is -0.820. The molecule has 1 atom stereocenters. The first kappa shape index (κ1) is 19.2. The summed E-state index contributed by atoms with van der Waals surface area (Å²) in [6, 6.07) is 9.53. The lowest BCUT2D eigenvalue weighted by Gasteiger charge is -2.22. The van der Waals surface area contributed by atoms with Gasteiger partial charge in [-0.25, -0.2) is 0 Å². The van der Waals surface area contributed by atoms with Gasteiger partial charge in [0.05, 0.1) is 6.54 Å². The minimum Gasteiger partial charge on any atom is -0.370 e. The van der Waals surface area contributed by atoms with Gasteiger partial charge >= 0.3 is 0 Å². The molecule has 0 amide bonds. The van der Waals surface area contributed by atoms with E-state index in [9.17, 15) is 0 Å². The normalized spacial score (nSPS) is 16.5. The number of hydrogen-bond donors (Lipinski definition) is 2. The molecule has 124 valence electrons. The number of halogens is 1. The van der Waals surface area contributed by atoms with Gasteiger partial charge in [-0.3, -0.25) is 9.89 Å². The quantitative estimate of drug-likeness (QED) is 0.423. The van der Waals surface area contributed by atoms with Gasteiger partial charge in [0.1, 0.15) is 0 Å². The molecule has 1 fully saturated rings. The number of anilines is 1. The van der Waals surface area contributed by atoms with Crippen LogP contribution in [0.1, 0.15) is 45.1 Å². The van der Waals surface area contributed by atoms with Crippen LogP contribution in [-0.2, 0) is 0 Å². The second kappa shape index (κ2) is 8.72. The molecule has 1 saturated carbocycles. The van der Waals surface area contributed by atoms with Crippen molar-refractivity contribution in [1.82, 2.24) is 4.90 Å². The van der Waals surface area contributed by atoms with Gasteiger partial charge in [-0.1, -0.05) is 26.0 Å². The summed E-state index contributed by atoms with van der Waals surface area (Å²) in [5.74, 6) is 1.00. The molecule has 1 unspecified atom stereocenters. The number of aliphatic imine (C=N–C) groups is 1. The summed E-state index contributed by atoms with van der Waals surface area (Å²) in [6.45, 7) is 7.31. The standard InChI is InChI=1S/C17H28N4.HI/c1-12(2)14-6-5-7-15(10-14)20-17(18)19-11-13(3)21(4)16-8-9-16;/h5-7,10,12-13,16H,8-9,11H2,1-4H3,(H3,18,19,20);1H. The lowest BCUT2D eigenvalue weighted by molar-refractivity contribution is 0.253. The van der Waals surface area contributed by atoms with E-state index in [0.717, 1.165) is 18.3 Å². The Kier molecular flexibility index (Phi) is 7.62. The highest BCUT2D eigenvalue weighted by Gasteiger charge is 2.28. The molecule has 0 saturated heterocycles. The predicted molar refractivity (Wildman–Crippen MR) is 106 cm³/mol. The fraction of sp³-hybridized carbons (Fsp3) is 0.588. The lowest BCUT2D eigenvalue weighted by atomic mass is 10.0. The molecule has 0 bridgehead atoms. The Morgan fingerprint density at radius 1 is 1.36 bits per heavy atom. The minimum absolute atomic E-state index is 0. The van der Waals surface area contributed by atoms with E-state index in [0.29, 0.717) is 17.9 Å². The van der Waals surface area contributed by atoms with Crippen molar-refractivity contribution in [2.75, 3.05) is 18.9 Å². The molecular formula is C17H29IN4. The van der Waals surface area contributed by atoms with Gasteiger partial charge < -0.3 is 11.1 Å². The molecule has 5 heteroatoms. The second-order valence-corrected chi connectivity index (χ2v) is 6.38. The summed E-state index contributed by atoms with van der Waals surface area (Å²) in [5.41, 5.74) is 8.30. The topological polar surface area (TPSA) is 53.6 Å². The summed E-state index contributed by atoms with van der Waals surface area (Å²) in [6.07, 6.45) is 2.64. The number of hydrogen-bond acceptors (Lipinski definition) is 2. The van der Waals surface area contributed by atoms with Crippen LogP contribution in [0.2, 0.25) is 0 Å². The van der Waals surface area contributed by atoms with Crippen molar-refractivity contribution in [3.05, 3.63) is 29.8 Å². The van der Waals surface area contributed by atoms with Crippen LogP contribution in [0.25, 0.3) is 0 Å². The van der Waals surface area contributed by atoms with E-state index in [1.54, 1.807) is 0 Å². The largest absolute Gasteiger partial charge is 0.370 e. The van der Waals surface area contributed by atoms with Crippen LogP contribution in [0.5, 0.6) is 0 Å². The van der Waals surface area contributed by atoms with E-state index in [-0.39, 0.29) is 24.0 Å². The van der Waals surface area contributed by atoms with Crippen molar-refractivity contribution in [3.8, 4) is 0 Å². The maximum Gasteiger partial charge on any atom is 0.193 e. The summed E-state index contributed by atoms with van der Waals surface area (Å²) < 4.78 is 0. The third-order valence-electron chi connectivity index (χ3n) is 4.17. The van der Waals surface area contributed by atoms with E-state index >= 15 is 0 Å². The molecule has 0 aliphatic heterocycles. The van der Waals surface area contributed by atoms with E-state index in [1.807, 2.05) is 6.07 Å². The highest BCUT2D eigenvalue weighted by atomic mass is 127. The maximum absolute atomic E-state index is 5.99. The highest BCUT2D eigenvalue weighted by Crippen LogP contribution is 2.26. The maximum atomic E-state index is 5.99. The zero-order valence-electron chi connectivity index (χ0n) is 14.0. The van der Waals surface area contributed by atoms with Gasteiger partial charge in [0.25, 0.3) is 0 Å². The van der Waals surface area contributed by atoms with Gasteiger partial charge in [-0.15, -0.1) is 24.0 Å². The first-order valence-electron chi connectivity index (χ1n) is 7.86. The van der Waals surface area contributed by atoms with Crippen molar-refractivity contribution in [3.63, 3.8) is 0 Å². The van der Waals surface area contributed by atoms with Gasteiger partial charge in [-0.05, 0) is 50.4 Å². The molecule has 0 aromatic heterocycles. The number of guanidine groups is 1. The molecule has 1 aliphatic rings. The third-order valence-corrected chi connectivity index (χ3v) is 4.17. The van der Waals surface area contributed by atoms with Crippen molar-refractivity contribution in [2.45, 2.75) is 51.6 Å². The number of benzene rings is 1. The van der Waals surface area contributed by atoms with Gasteiger partial charge in [0, 0.05) is 17.8 Å². The van der Waals surface area contributed by atoms with Crippen LogP contribution < -0.4 is 11.1 Å². The highest BCUT2D eigenvalue weighted by molar-refractivity contribution is 14.0. The van der Waals surface area contributed by atoms with Crippen molar-refractivity contribution in [1.29, 1.82) is 0 Å².